The van der Waals surface area contributed by atoms with Crippen LogP contribution < -0.4 is 30.5 Å². The third-order valence-electron chi connectivity index (χ3n) is 24.2. The molecule has 2 unspecified atom stereocenters. The zero-order valence-electron chi connectivity index (χ0n) is 68.5. The van der Waals surface area contributed by atoms with Crippen LogP contribution in [-0.4, -0.2) is 189 Å². The number of aromatic nitrogens is 5. The molecule has 35 heteroatoms. The fourth-order valence-corrected chi connectivity index (χ4v) is 17.5. The summed E-state index contributed by atoms with van der Waals surface area (Å²) < 4.78 is 92.3. The van der Waals surface area contributed by atoms with Gasteiger partial charge in [0.25, 0.3) is 17.6 Å². The van der Waals surface area contributed by atoms with Crippen LogP contribution in [0.5, 0.6) is 23.0 Å². The molecule has 7 N–H and O–H groups in total. The number of phenolic OH excluding ortho intramolecular Hbond substituents is 2. The van der Waals surface area contributed by atoms with Crippen molar-refractivity contribution in [1.82, 2.24) is 29.4 Å². The van der Waals surface area contributed by atoms with Crippen LogP contribution >= 0.6 is 0 Å². The van der Waals surface area contributed by atoms with E-state index in [1.165, 1.54) is 110 Å². The van der Waals surface area contributed by atoms with Gasteiger partial charge in [-0.2, -0.15) is 8.78 Å². The summed E-state index contributed by atoms with van der Waals surface area (Å²) in [4.78, 5) is 133. The highest BCUT2D eigenvalue weighted by molar-refractivity contribution is 6.22. The van der Waals surface area contributed by atoms with Gasteiger partial charge in [0, 0.05) is 123 Å². The van der Waals surface area contributed by atoms with E-state index in [4.69, 9.17) is 52.0 Å². The Kier molecular flexibility index (Phi) is 23.6. The van der Waals surface area contributed by atoms with Crippen molar-refractivity contribution in [2.45, 2.75) is 195 Å². The summed E-state index contributed by atoms with van der Waals surface area (Å²) in [5.74, 6) is -15.7. The first-order valence-electron chi connectivity index (χ1n) is 39.8. The number of carbonyl (C=O) groups is 7. The minimum atomic E-state index is -3.31. The van der Waals surface area contributed by atoms with Crippen molar-refractivity contribution in [1.29, 1.82) is 0 Å². The molecule has 642 valence electrons. The monoisotopic (exact) mass is 1680 g/mol. The maximum Gasteiger partial charge on any atom is 0.387 e. The van der Waals surface area contributed by atoms with E-state index in [0.717, 1.165) is 18.0 Å². The Morgan fingerprint density at radius 3 is 2.37 bits per heavy atom. The van der Waals surface area contributed by atoms with Crippen LogP contribution in [0.4, 0.5) is 20.2 Å². The molecule has 0 spiro atoms. The molecule has 2 amide bonds. The average molecular weight is 1680 g/mol. The number of aliphatic hydroxyl groups excluding tert-OH is 2. The largest absolute Gasteiger partial charge is 0.507 e. The minimum Gasteiger partial charge on any atom is -0.507 e. The van der Waals surface area contributed by atoms with Crippen molar-refractivity contribution < 1.29 is 120 Å². The van der Waals surface area contributed by atoms with Gasteiger partial charge < -0.3 is 97.4 Å². The number of Topliss-reactive ketones (excluding diaryl/α,β-unsaturated/α-hetero) is 1. The Hall–Kier alpha value is -11.8. The predicted molar refractivity (Wildman–Crippen MR) is 428 cm³/mol. The van der Waals surface area contributed by atoms with Crippen LogP contribution in [0, 0.1) is 41.9 Å². The number of amides is 2. The Labute approximate surface area is 690 Å². The number of hydrogen-bond acceptors (Lipinski definition) is 27. The molecule has 3 saturated heterocycles. The van der Waals surface area contributed by atoms with Gasteiger partial charge in [0.05, 0.1) is 82.7 Å². The Bertz CT molecular complexity index is 5720. The fourth-order valence-electron chi connectivity index (χ4n) is 17.5. The number of carboxylic acid groups (broad SMARTS) is 2. The summed E-state index contributed by atoms with van der Waals surface area (Å²) >= 11 is 0. The molecular weight excluding hydrogens is 1580 g/mol. The number of rotatable bonds is 16. The van der Waals surface area contributed by atoms with Gasteiger partial charge in [-0.05, 0) is 108 Å². The number of ether oxygens (including phenoxy) is 9. The summed E-state index contributed by atoms with van der Waals surface area (Å²) in [6.45, 7) is 15.7. The SMILES string of the molecule is CC(=O)O[C@H]1[C@H](C)[C@H](O)[C@H](C)[C@@H](O)[C@@H](C(C)OC(=O)C(C)(C)CC(=O)O)/C=C/C=C(/C)C(=O)Nc2c3oc4cc(N5CCCC(Cn6cc(C(=O)N7Cc8cc(-c9ccc%10c(=O)c(C(=O)O)cn(C)c%10c9OC(F)F)ccc8[C@H]7C)nn6)C5)cc(O)c4nc-3c3c4c(c(C)c(O)c3c2=O)O[C@](C)(O/C=C/[C@H](O[C@H]2C[C@@H]3OCO[C@@H]3[C@@H](C)O2)[C@H]1C)C4=O. The molecular formula is C86H94F2N8O25. The number of piperidine rings is 1. The lowest BCUT2D eigenvalue weighted by Crippen LogP contribution is -2.50. The number of aliphatic carboxylic acids is 1. The zero-order valence-corrected chi connectivity index (χ0v) is 68.5. The van der Waals surface area contributed by atoms with Crippen molar-refractivity contribution in [3.63, 3.8) is 0 Å². The van der Waals surface area contributed by atoms with Gasteiger partial charge in [0.1, 0.15) is 64.8 Å². The van der Waals surface area contributed by atoms with E-state index in [1.54, 1.807) is 60.8 Å². The number of esters is 2. The second-order valence-electron chi connectivity index (χ2n) is 33.0. The van der Waals surface area contributed by atoms with Crippen LogP contribution in [0.1, 0.15) is 156 Å². The molecule has 4 aromatic carbocycles. The van der Waals surface area contributed by atoms with Crippen molar-refractivity contribution in [2.75, 3.05) is 30.1 Å². The number of aromatic hydroxyl groups is 2. The number of aromatic carboxylic acids is 1. The normalized spacial score (nSPS) is 27.2. The number of aliphatic hydroxyl groups is 2. The molecule has 3 fully saturated rings. The van der Waals surface area contributed by atoms with E-state index in [0.29, 0.717) is 42.7 Å². The molecule has 0 saturated carbocycles. The molecule has 33 nitrogen and oxygen atoms in total. The second-order valence-corrected chi connectivity index (χ2v) is 33.0. The molecule has 1 aliphatic carbocycles. The maximum absolute atomic E-state index is 15.6. The first-order valence-corrected chi connectivity index (χ1v) is 39.8. The van der Waals surface area contributed by atoms with Crippen molar-refractivity contribution in [3.8, 4) is 45.6 Å². The van der Waals surface area contributed by atoms with Gasteiger partial charge in [-0.1, -0.05) is 56.3 Å². The van der Waals surface area contributed by atoms with Gasteiger partial charge in [-0.25, -0.2) is 9.78 Å². The van der Waals surface area contributed by atoms with Crippen LogP contribution in [0.2, 0.25) is 0 Å². The van der Waals surface area contributed by atoms with Crippen molar-refractivity contribution in [3.05, 3.63) is 145 Å². The number of halogens is 2. The molecule has 6 aromatic rings. The standard InChI is InChI=1S/C86H94F2N8O25/c1-37-16-14-18-51(43(7)116-83(111)85(10,11)30-60(99)100)70(102)39(3)69(101)40(4)74(117-45(9)97)38(2)57(118-61-29-59-76(44(8)115-61)113-36-112-59)23-25-114-86(12)79(106)64-62-63(71(103)41(5)75(64)121-86)73(105)67(90-80(37)107)78-66(62)89-65-56(98)27-49(28-58(65)119-78)94-24-15-17-46(31-94)32-95-35-55(91-92-95)81(108)96-33-48-26-47(19-20-50(48)42(96)6)52-21-22-53-68(77(52)120-84(87)88)93(13)34-54(72(53)104)82(109)110/h14,16,18-23,25-28,34-35,38-40,42-44,46,51,57,59,61,69-70,74,76,84,98,101-103H,15,17,24,29-33,36H2,1-13H3,(H,90,107)(H,99,100)(H,109,110)/b18-14+,25-23+,37-16-/t38-,39+,40-,42-,43?,44-,46?,51-,57+,59+,61+,69-,70-,74-,76-,86+/m1/s1. The molecule has 9 aliphatic rings. The number of pyridine rings is 1. The van der Waals surface area contributed by atoms with Gasteiger partial charge in [0.15, 0.2) is 29.1 Å². The molecule has 15 rings (SSSR count). The van der Waals surface area contributed by atoms with E-state index in [1.807, 2.05) is 11.8 Å². The molecule has 5 bridgehead atoms. The average Bonchev–Trinajstić information content (AvgIpc) is 1.65. The number of allylic oxidation sites excluding steroid dienone is 2. The van der Waals surface area contributed by atoms with E-state index in [-0.39, 0.29) is 105 Å². The first kappa shape index (κ1) is 85.7. The molecule has 2 aromatic heterocycles. The minimum absolute atomic E-state index is 0.00657. The molecule has 16 atom stereocenters. The number of nitrogens with one attached hydrogen (secondary N) is 1. The number of benzene rings is 5. The third kappa shape index (κ3) is 16.2. The number of fused-ring (bicyclic) bond motifs is 17. The van der Waals surface area contributed by atoms with E-state index >= 15 is 9.59 Å². The number of aryl methyl sites for hydroxylation is 1. The zero-order chi connectivity index (χ0) is 87.2. The number of anilines is 2. The number of nitrogens with zero attached hydrogens (tertiary/aromatic N) is 7. The number of alkyl halides is 2. The Morgan fingerprint density at radius 1 is 0.901 bits per heavy atom. The number of carboxylic acids is 2. The van der Waals surface area contributed by atoms with Crippen LogP contribution in [0.25, 0.3) is 55.4 Å². The summed E-state index contributed by atoms with van der Waals surface area (Å²) in [6.07, 6.45) is 0.789. The van der Waals surface area contributed by atoms with E-state index in [2.05, 4.69) is 15.6 Å². The molecule has 8 aliphatic heterocycles. The van der Waals surface area contributed by atoms with E-state index < -0.39 is 195 Å². The number of phenols is 2. The number of hydrogen-bond donors (Lipinski definition) is 7. The topological polar surface area (TPSA) is 438 Å². The highest BCUT2D eigenvalue weighted by Crippen LogP contribution is 2.52. The van der Waals surface area contributed by atoms with Crippen molar-refractivity contribution >= 4 is 85.6 Å². The molecule has 121 heavy (non-hydrogen) atoms. The number of ketones is 1. The molecule has 10 heterocycles. The summed E-state index contributed by atoms with van der Waals surface area (Å²) in [5, 5.41) is 79.4. The third-order valence-corrected chi connectivity index (χ3v) is 24.2. The molecule has 0 radical (unpaired) electrons. The van der Waals surface area contributed by atoms with Gasteiger partial charge in [0.2, 0.25) is 10.9 Å². The highest BCUT2D eigenvalue weighted by Gasteiger charge is 2.52. The fraction of sp³-hybridized carbons (Fsp3) is 0.465. The lowest BCUT2D eigenvalue weighted by molar-refractivity contribution is -0.246. The number of carbonyl (C=O) groups excluding carboxylic acids is 5. The summed E-state index contributed by atoms with van der Waals surface area (Å²) in [5.41, 5.74) is -3.28. The second kappa shape index (κ2) is 33.3. The Morgan fingerprint density at radius 2 is 1.65 bits per heavy atom. The maximum atomic E-state index is 15.6. The van der Waals surface area contributed by atoms with E-state index in [9.17, 15) is 73.0 Å². The smallest absolute Gasteiger partial charge is 0.387 e. The van der Waals surface area contributed by atoms with Gasteiger partial charge in [-0.3, -0.25) is 43.0 Å². The first-order chi connectivity index (χ1) is 57.2. The van der Waals surface area contributed by atoms with Crippen LogP contribution in [0.15, 0.2) is 105 Å². The Balaban J connectivity index is 0.793. The van der Waals surface area contributed by atoms with Crippen LogP contribution in [-0.2, 0) is 72.5 Å². The van der Waals surface area contributed by atoms with Crippen molar-refractivity contribution in [2.24, 2.45) is 42.1 Å². The summed E-state index contributed by atoms with van der Waals surface area (Å²) in [7, 11) is 1.42. The quantitative estimate of drug-likeness (QED) is 0.0268. The predicted octanol–water partition coefficient (Wildman–Crippen LogP) is 10.4. The summed E-state index contributed by atoms with van der Waals surface area (Å²) in [6, 6.07) is 10.5. The van der Waals surface area contributed by atoms with Gasteiger partial charge in [-0.15, -0.1) is 5.10 Å². The van der Waals surface area contributed by atoms with Gasteiger partial charge >= 0.3 is 36.3 Å². The lowest BCUT2D eigenvalue weighted by Gasteiger charge is -2.41. The highest BCUT2D eigenvalue weighted by atomic mass is 19.3. The van der Waals surface area contributed by atoms with Crippen LogP contribution in [0.3, 0.4) is 0 Å². The lowest BCUT2D eigenvalue weighted by atomic mass is 9.77.